The summed E-state index contributed by atoms with van der Waals surface area (Å²) in [5.41, 5.74) is 6.09. The molecule has 0 aliphatic carbocycles. The maximum absolute atomic E-state index is 13.6. The highest BCUT2D eigenvalue weighted by Gasteiger charge is 2.25. The van der Waals surface area contributed by atoms with E-state index in [-0.39, 0.29) is 28.8 Å². The van der Waals surface area contributed by atoms with Crippen molar-refractivity contribution in [1.82, 2.24) is 24.9 Å². The number of halogens is 2. The van der Waals surface area contributed by atoms with E-state index in [2.05, 4.69) is 24.9 Å². The number of rotatable bonds is 4. The molecule has 150 valence electrons. The minimum atomic E-state index is -2.75. The minimum Gasteiger partial charge on any atom is -0.384 e. The molecule has 0 bridgehead atoms. The third kappa shape index (κ3) is 3.97. The van der Waals surface area contributed by atoms with E-state index < -0.39 is 6.43 Å². The van der Waals surface area contributed by atoms with Crippen molar-refractivity contribution in [3.8, 4) is 22.8 Å². The Labute approximate surface area is 165 Å². The highest BCUT2D eigenvalue weighted by atomic mass is 19.3. The first-order valence-corrected chi connectivity index (χ1v) is 9.07. The fraction of sp³-hybridized carbons (Fsp3) is 0.316. The largest absolute Gasteiger partial charge is 0.384 e. The maximum Gasteiger partial charge on any atom is 0.264 e. The first-order chi connectivity index (χ1) is 14.0. The van der Waals surface area contributed by atoms with Gasteiger partial charge in [-0.1, -0.05) is 0 Å². The van der Waals surface area contributed by atoms with Crippen LogP contribution in [0.3, 0.4) is 0 Å². The maximum atomic E-state index is 13.6. The normalized spacial score (nSPS) is 17.0. The quantitative estimate of drug-likeness (QED) is 0.714. The van der Waals surface area contributed by atoms with Gasteiger partial charge in [0.2, 0.25) is 5.95 Å². The SMILES string of the molecule is C[C@@H]1COCCN1c1nc(-c2cccnc2)nc(-c2cnc(N)cc2C(F)F)n1. The Bertz CT molecular complexity index is 1000. The van der Waals surface area contributed by atoms with E-state index in [0.717, 1.165) is 6.07 Å². The molecule has 8 nitrogen and oxygen atoms in total. The lowest BCUT2D eigenvalue weighted by Crippen LogP contribution is -2.44. The van der Waals surface area contributed by atoms with Crippen LogP contribution in [0, 0.1) is 0 Å². The summed E-state index contributed by atoms with van der Waals surface area (Å²) in [5.74, 6) is 0.846. The van der Waals surface area contributed by atoms with Crippen LogP contribution in [0.5, 0.6) is 0 Å². The van der Waals surface area contributed by atoms with Crippen molar-refractivity contribution >= 4 is 11.8 Å². The van der Waals surface area contributed by atoms with Crippen LogP contribution in [0.25, 0.3) is 22.8 Å². The number of aromatic nitrogens is 5. The lowest BCUT2D eigenvalue weighted by molar-refractivity contribution is 0.0981. The van der Waals surface area contributed by atoms with Gasteiger partial charge in [0.15, 0.2) is 11.6 Å². The van der Waals surface area contributed by atoms with E-state index in [4.69, 9.17) is 10.5 Å². The molecule has 10 heteroatoms. The van der Waals surface area contributed by atoms with Gasteiger partial charge < -0.3 is 15.4 Å². The van der Waals surface area contributed by atoms with Crippen LogP contribution >= 0.6 is 0 Å². The molecule has 4 heterocycles. The molecule has 0 unspecified atom stereocenters. The van der Waals surface area contributed by atoms with Crippen LogP contribution in [-0.4, -0.2) is 50.7 Å². The molecule has 1 aliphatic rings. The average molecular weight is 399 g/mol. The molecule has 3 aromatic heterocycles. The summed E-state index contributed by atoms with van der Waals surface area (Å²) in [6, 6.07) is 4.73. The van der Waals surface area contributed by atoms with Crippen molar-refractivity contribution in [2.24, 2.45) is 0 Å². The molecule has 0 radical (unpaired) electrons. The molecule has 1 atom stereocenters. The molecule has 29 heavy (non-hydrogen) atoms. The second kappa shape index (κ2) is 8.00. The van der Waals surface area contributed by atoms with Gasteiger partial charge in [0, 0.05) is 41.8 Å². The van der Waals surface area contributed by atoms with Crippen LogP contribution in [-0.2, 0) is 4.74 Å². The fourth-order valence-corrected chi connectivity index (χ4v) is 3.12. The summed E-state index contributed by atoms with van der Waals surface area (Å²) >= 11 is 0. The minimum absolute atomic E-state index is 0.00705. The van der Waals surface area contributed by atoms with Crippen molar-refractivity contribution in [1.29, 1.82) is 0 Å². The van der Waals surface area contributed by atoms with Crippen LogP contribution in [0.4, 0.5) is 20.5 Å². The van der Waals surface area contributed by atoms with Crippen LogP contribution < -0.4 is 10.6 Å². The molecule has 0 spiro atoms. The predicted octanol–water partition coefficient (Wildman–Crippen LogP) is 2.74. The molecule has 1 saturated heterocycles. The Morgan fingerprint density at radius 1 is 1.21 bits per heavy atom. The standard InChI is InChI=1S/C19H19F2N7O/c1-11-10-29-6-5-28(11)19-26-17(12-3-2-4-23-8-12)25-18(27-19)14-9-24-15(22)7-13(14)16(20)21/h2-4,7-9,11,16H,5-6,10H2,1H3,(H2,22,24)/t11-/m1/s1. The average Bonchev–Trinajstić information content (AvgIpc) is 2.74. The smallest absolute Gasteiger partial charge is 0.264 e. The number of hydrogen-bond donors (Lipinski definition) is 1. The highest BCUT2D eigenvalue weighted by Crippen LogP contribution is 2.32. The number of hydrogen-bond acceptors (Lipinski definition) is 8. The fourth-order valence-electron chi connectivity index (χ4n) is 3.12. The Kier molecular flexibility index (Phi) is 5.26. The molecule has 0 saturated carbocycles. The summed E-state index contributed by atoms with van der Waals surface area (Å²) in [5, 5.41) is 0. The monoisotopic (exact) mass is 399 g/mol. The zero-order valence-corrected chi connectivity index (χ0v) is 15.7. The summed E-state index contributed by atoms with van der Waals surface area (Å²) in [7, 11) is 0. The number of morpholine rings is 1. The van der Waals surface area contributed by atoms with E-state index in [0.29, 0.717) is 37.1 Å². The molecule has 3 aromatic rings. The number of ether oxygens (including phenoxy) is 1. The van der Waals surface area contributed by atoms with E-state index >= 15 is 0 Å². The Balaban J connectivity index is 1.89. The van der Waals surface area contributed by atoms with E-state index in [1.54, 1.807) is 24.5 Å². The molecule has 1 fully saturated rings. The highest BCUT2D eigenvalue weighted by molar-refractivity contribution is 5.66. The number of pyridine rings is 2. The van der Waals surface area contributed by atoms with Gasteiger partial charge in [-0.15, -0.1) is 0 Å². The lowest BCUT2D eigenvalue weighted by Gasteiger charge is -2.33. The van der Waals surface area contributed by atoms with Crippen molar-refractivity contribution in [2.75, 3.05) is 30.4 Å². The van der Waals surface area contributed by atoms with E-state index in [1.165, 1.54) is 6.20 Å². The predicted molar refractivity (Wildman–Crippen MR) is 103 cm³/mol. The number of alkyl halides is 2. The van der Waals surface area contributed by atoms with E-state index in [1.807, 2.05) is 11.8 Å². The van der Waals surface area contributed by atoms with Gasteiger partial charge in [0.25, 0.3) is 6.43 Å². The summed E-state index contributed by atoms with van der Waals surface area (Å²) in [6.07, 6.45) is 1.77. The number of anilines is 2. The van der Waals surface area contributed by atoms with Gasteiger partial charge in [-0.05, 0) is 25.1 Å². The third-order valence-corrected chi connectivity index (χ3v) is 4.60. The first kappa shape index (κ1) is 19.1. The molecule has 0 amide bonds. The van der Waals surface area contributed by atoms with Gasteiger partial charge in [-0.25, -0.2) is 18.7 Å². The Morgan fingerprint density at radius 2 is 2.03 bits per heavy atom. The number of nitrogens with two attached hydrogens (primary N) is 1. The van der Waals surface area contributed by atoms with Gasteiger partial charge in [0.05, 0.1) is 19.3 Å². The zero-order chi connectivity index (χ0) is 20.4. The molecular weight excluding hydrogens is 380 g/mol. The van der Waals surface area contributed by atoms with Crippen LogP contribution in [0.1, 0.15) is 18.9 Å². The zero-order valence-electron chi connectivity index (χ0n) is 15.7. The van der Waals surface area contributed by atoms with Crippen molar-refractivity contribution in [2.45, 2.75) is 19.4 Å². The molecule has 4 rings (SSSR count). The Hall–Kier alpha value is -3.27. The van der Waals surface area contributed by atoms with Gasteiger partial charge in [-0.2, -0.15) is 9.97 Å². The van der Waals surface area contributed by atoms with Crippen LogP contribution in [0.15, 0.2) is 36.8 Å². The molecule has 1 aliphatic heterocycles. The second-order valence-corrected chi connectivity index (χ2v) is 6.64. The topological polar surface area (TPSA) is 103 Å². The van der Waals surface area contributed by atoms with E-state index in [9.17, 15) is 8.78 Å². The first-order valence-electron chi connectivity index (χ1n) is 9.07. The summed E-state index contributed by atoms with van der Waals surface area (Å²) in [4.78, 5) is 23.5. The third-order valence-electron chi connectivity index (χ3n) is 4.60. The number of nitrogens with zero attached hydrogens (tertiary/aromatic N) is 6. The van der Waals surface area contributed by atoms with Crippen LogP contribution in [0.2, 0.25) is 0 Å². The molecule has 0 aromatic carbocycles. The van der Waals surface area contributed by atoms with Gasteiger partial charge in [0.1, 0.15) is 5.82 Å². The summed E-state index contributed by atoms with van der Waals surface area (Å²) in [6.45, 7) is 3.62. The van der Waals surface area contributed by atoms with Crippen molar-refractivity contribution in [3.63, 3.8) is 0 Å². The number of nitrogen functional groups attached to an aromatic ring is 1. The van der Waals surface area contributed by atoms with Gasteiger partial charge in [-0.3, -0.25) is 4.98 Å². The lowest BCUT2D eigenvalue weighted by atomic mass is 10.1. The second-order valence-electron chi connectivity index (χ2n) is 6.64. The molecule has 2 N–H and O–H groups in total. The van der Waals surface area contributed by atoms with Gasteiger partial charge >= 0.3 is 0 Å². The molecular formula is C19H19F2N7O. The van der Waals surface area contributed by atoms with Crippen molar-refractivity contribution in [3.05, 3.63) is 42.4 Å². The Morgan fingerprint density at radius 3 is 2.76 bits per heavy atom. The summed E-state index contributed by atoms with van der Waals surface area (Å²) < 4.78 is 32.8. The van der Waals surface area contributed by atoms with Crippen molar-refractivity contribution < 1.29 is 13.5 Å².